The minimum Gasteiger partial charge on any atom is -0.387 e. The van der Waals surface area contributed by atoms with Crippen LogP contribution in [0.5, 0.6) is 0 Å². The van der Waals surface area contributed by atoms with Crippen molar-refractivity contribution in [3.8, 4) is 5.69 Å². The predicted octanol–water partition coefficient (Wildman–Crippen LogP) is 3.89. The smallest absolute Gasteiger partial charge is 0.387 e. The van der Waals surface area contributed by atoms with Gasteiger partial charge in [0, 0.05) is 39.0 Å². The quantitative estimate of drug-likeness (QED) is 0.308. The summed E-state index contributed by atoms with van der Waals surface area (Å²) in [7, 11) is 2.28. The summed E-state index contributed by atoms with van der Waals surface area (Å²) >= 11 is 0. The Labute approximate surface area is 225 Å². The Bertz CT molecular complexity index is 1560. The number of halogens is 3. The van der Waals surface area contributed by atoms with Crippen LogP contribution in [0.3, 0.4) is 0 Å². The van der Waals surface area contributed by atoms with E-state index in [1.54, 1.807) is 25.7 Å². The first-order valence-electron chi connectivity index (χ1n) is 13.3. The van der Waals surface area contributed by atoms with Crippen molar-refractivity contribution in [1.82, 2.24) is 28.3 Å². The molecule has 3 aromatic heterocycles. The minimum absolute atomic E-state index is 0.00277. The van der Waals surface area contributed by atoms with E-state index in [9.17, 15) is 18.0 Å². The molecule has 6 rings (SSSR count). The fourth-order valence-corrected chi connectivity index (χ4v) is 8.13. The van der Waals surface area contributed by atoms with Gasteiger partial charge in [-0.25, -0.2) is 4.79 Å². The molecule has 8 nitrogen and oxygen atoms in total. The van der Waals surface area contributed by atoms with Crippen LogP contribution in [0, 0.1) is 5.92 Å². The molecular formula is C27H31F3N6O2Si. The Morgan fingerprint density at radius 3 is 2.64 bits per heavy atom. The molecular weight excluding hydrogens is 525 g/mol. The summed E-state index contributed by atoms with van der Waals surface area (Å²) in [6.07, 6.45) is 3.89. The molecule has 2 aliphatic rings. The van der Waals surface area contributed by atoms with Gasteiger partial charge < -0.3 is 13.9 Å². The first-order chi connectivity index (χ1) is 18.7. The van der Waals surface area contributed by atoms with E-state index >= 15 is 0 Å². The van der Waals surface area contributed by atoms with E-state index in [1.165, 1.54) is 16.8 Å². The molecule has 4 heterocycles. The predicted molar refractivity (Wildman–Crippen MR) is 142 cm³/mol. The van der Waals surface area contributed by atoms with Crippen molar-refractivity contribution < 1.29 is 17.9 Å². The number of aromatic nitrogens is 5. The highest BCUT2D eigenvalue weighted by Crippen LogP contribution is 2.43. The van der Waals surface area contributed by atoms with Gasteiger partial charge in [-0.3, -0.25) is 8.97 Å². The summed E-state index contributed by atoms with van der Waals surface area (Å²) in [6.45, 7) is 1.23. The summed E-state index contributed by atoms with van der Waals surface area (Å²) in [5, 5.41) is 8.42. The number of imidazole rings is 1. The number of rotatable bonds is 8. The van der Waals surface area contributed by atoms with Gasteiger partial charge in [-0.2, -0.15) is 13.2 Å². The minimum atomic E-state index is -4.60. The number of nitrogens with zero attached hydrogens (tertiary/aromatic N) is 6. The molecule has 12 heteroatoms. The van der Waals surface area contributed by atoms with Crippen molar-refractivity contribution in [3.63, 3.8) is 0 Å². The molecule has 1 saturated carbocycles. The van der Waals surface area contributed by atoms with Gasteiger partial charge in [0.2, 0.25) is 0 Å². The number of aryl methyl sites for hydroxylation is 1. The second-order valence-corrected chi connectivity index (χ2v) is 13.7. The summed E-state index contributed by atoms with van der Waals surface area (Å²) in [4.78, 5) is 13.6. The van der Waals surface area contributed by atoms with Crippen LogP contribution in [0.4, 0.5) is 13.2 Å². The molecule has 1 saturated heterocycles. The van der Waals surface area contributed by atoms with Gasteiger partial charge in [-0.15, -0.1) is 10.2 Å². The normalized spacial score (nSPS) is 19.3. The highest BCUT2D eigenvalue weighted by Gasteiger charge is 2.36. The molecule has 206 valence electrons. The number of alkyl halides is 3. The molecule has 1 aliphatic carbocycles. The summed E-state index contributed by atoms with van der Waals surface area (Å²) in [5.74, 6) is 1.24. The van der Waals surface area contributed by atoms with Crippen molar-refractivity contribution in [3.05, 3.63) is 82.1 Å². The van der Waals surface area contributed by atoms with Crippen molar-refractivity contribution in [2.45, 2.75) is 43.9 Å². The van der Waals surface area contributed by atoms with E-state index < -0.39 is 26.4 Å². The van der Waals surface area contributed by atoms with Crippen LogP contribution in [0.2, 0.25) is 6.04 Å². The first kappa shape index (κ1) is 26.0. The standard InChI is InChI=1S/C27H31F3N6O2Si/c1-33-16-31-32-25(33)24(19-5-3-6-19)20-7-4-8-21(12-20)35-15-23-22(27(28,29)30)11-18(14-36(23)26(35)37)13-34-9-10-39(34)17-38-2/h4,7-8,11-12,14-16,19,24,39H,3,5-6,9-10,13,17H2,1-2H3/t24-,39+/m1/s1. The average molecular weight is 557 g/mol. The van der Waals surface area contributed by atoms with Gasteiger partial charge in [-0.1, -0.05) is 18.6 Å². The Kier molecular flexibility index (Phi) is 6.72. The first-order valence-corrected chi connectivity index (χ1v) is 15.4. The zero-order valence-corrected chi connectivity index (χ0v) is 23.1. The third-order valence-electron chi connectivity index (χ3n) is 8.29. The van der Waals surface area contributed by atoms with Crippen molar-refractivity contribution >= 4 is 14.5 Å². The fourth-order valence-electron chi connectivity index (χ4n) is 5.91. The molecule has 2 fully saturated rings. The van der Waals surface area contributed by atoms with E-state index in [1.807, 2.05) is 29.8 Å². The Hall–Kier alpha value is -3.22. The number of methoxy groups -OCH3 is 1. The molecule has 0 N–H and O–H groups in total. The highest BCUT2D eigenvalue weighted by atomic mass is 28.3. The second kappa shape index (κ2) is 10.1. The van der Waals surface area contributed by atoms with Gasteiger partial charge in [0.05, 0.1) is 23.0 Å². The lowest BCUT2D eigenvalue weighted by atomic mass is 9.72. The lowest BCUT2D eigenvalue weighted by Gasteiger charge is -2.39. The lowest BCUT2D eigenvalue weighted by Crippen LogP contribution is -2.53. The van der Waals surface area contributed by atoms with Crippen molar-refractivity contribution in [1.29, 1.82) is 0 Å². The van der Waals surface area contributed by atoms with E-state index in [-0.39, 0.29) is 11.4 Å². The van der Waals surface area contributed by atoms with Crippen LogP contribution in [0.1, 0.15) is 47.7 Å². The number of ether oxygens (including phenoxy) is 1. The molecule has 0 amide bonds. The van der Waals surface area contributed by atoms with Crippen LogP contribution < -0.4 is 5.69 Å². The maximum atomic E-state index is 14.2. The van der Waals surface area contributed by atoms with E-state index in [4.69, 9.17) is 4.74 Å². The number of hydrogen-bond acceptors (Lipinski definition) is 5. The highest BCUT2D eigenvalue weighted by molar-refractivity contribution is 6.58. The Morgan fingerprint density at radius 1 is 1.21 bits per heavy atom. The SMILES string of the molecule is COC[Si@@H]1CCN1Cc1cc(C(F)(F)F)c2cn(-c3cccc([C@H](c4nncn4C)C4CCC4)c3)c(=O)n2c1. The van der Waals surface area contributed by atoms with Gasteiger partial charge in [0.15, 0.2) is 0 Å². The number of pyridine rings is 1. The Balaban J connectivity index is 1.42. The summed E-state index contributed by atoms with van der Waals surface area (Å²) in [6, 6.07) is 9.76. The van der Waals surface area contributed by atoms with Crippen LogP contribution in [-0.2, 0) is 24.5 Å². The maximum absolute atomic E-state index is 14.2. The van der Waals surface area contributed by atoms with Gasteiger partial charge >= 0.3 is 11.9 Å². The van der Waals surface area contributed by atoms with Crippen LogP contribution in [0.15, 0.2) is 53.8 Å². The second-order valence-electron chi connectivity index (χ2n) is 10.7. The molecule has 2 atom stereocenters. The van der Waals surface area contributed by atoms with Crippen molar-refractivity contribution in [2.75, 3.05) is 19.9 Å². The van der Waals surface area contributed by atoms with Gasteiger partial charge in [0.25, 0.3) is 0 Å². The molecule has 1 aromatic carbocycles. The van der Waals surface area contributed by atoms with E-state index in [2.05, 4.69) is 14.8 Å². The summed E-state index contributed by atoms with van der Waals surface area (Å²) in [5.41, 5.74) is 0.493. The molecule has 4 aromatic rings. The number of hydrogen-bond donors (Lipinski definition) is 0. The summed E-state index contributed by atoms with van der Waals surface area (Å²) < 4.78 is 54.5. The molecule has 0 unspecified atom stereocenters. The van der Waals surface area contributed by atoms with Crippen LogP contribution in [-0.4, -0.2) is 57.1 Å². The van der Waals surface area contributed by atoms with Gasteiger partial charge in [-0.05, 0) is 60.7 Å². The third-order valence-corrected chi connectivity index (χ3v) is 11.4. The molecule has 0 spiro atoms. The van der Waals surface area contributed by atoms with Crippen molar-refractivity contribution in [2.24, 2.45) is 13.0 Å². The Morgan fingerprint density at radius 2 is 2.03 bits per heavy atom. The molecule has 1 aliphatic heterocycles. The van der Waals surface area contributed by atoms with E-state index in [0.717, 1.165) is 47.6 Å². The van der Waals surface area contributed by atoms with Crippen LogP contribution in [0.25, 0.3) is 11.2 Å². The lowest BCUT2D eigenvalue weighted by molar-refractivity contribution is -0.136. The largest absolute Gasteiger partial charge is 0.418 e. The zero-order chi connectivity index (χ0) is 27.3. The molecule has 0 radical (unpaired) electrons. The van der Waals surface area contributed by atoms with Gasteiger partial charge in [0.1, 0.15) is 21.1 Å². The monoisotopic (exact) mass is 556 g/mol. The van der Waals surface area contributed by atoms with E-state index in [0.29, 0.717) is 29.9 Å². The maximum Gasteiger partial charge on any atom is 0.418 e. The number of fused-ring (bicyclic) bond motifs is 1. The van der Waals surface area contributed by atoms with Crippen LogP contribution >= 0.6 is 0 Å². The third kappa shape index (κ3) is 4.74. The number of benzene rings is 1. The topological polar surface area (TPSA) is 69.6 Å². The molecule has 0 bridgehead atoms. The molecule has 39 heavy (non-hydrogen) atoms. The zero-order valence-electron chi connectivity index (χ0n) is 21.9. The fraction of sp³-hybridized carbons (Fsp3) is 0.444. The average Bonchev–Trinajstić information content (AvgIpc) is 3.44.